The first-order valence-corrected chi connectivity index (χ1v) is 11.6. The molecule has 5 rings (SSSR count). The van der Waals surface area contributed by atoms with Crippen molar-refractivity contribution < 1.29 is 14.3 Å². The second kappa shape index (κ2) is 9.52. The van der Waals surface area contributed by atoms with Gasteiger partial charge >= 0.3 is 6.09 Å². The molecule has 8 nitrogen and oxygen atoms in total. The summed E-state index contributed by atoms with van der Waals surface area (Å²) in [6.07, 6.45) is 0.445. The summed E-state index contributed by atoms with van der Waals surface area (Å²) in [5.74, 6) is 0.0288. The molecule has 2 aliphatic rings. The standard InChI is InChI=1S/C27H25N5O3/c1-18-19(16-33)14-20(15-26(18)29-30-28)31-10-12-32(13-11-31)27(34)35-17-25-23-8-4-2-6-21(23)22-7-3-5-9-24(22)25/h2-9,14-16,25H,10-13,17H2,1H3. The van der Waals surface area contributed by atoms with Crippen LogP contribution in [0.1, 0.15) is 33.0 Å². The van der Waals surface area contributed by atoms with E-state index in [1.165, 1.54) is 22.3 Å². The fourth-order valence-corrected chi connectivity index (χ4v) is 5.00. The van der Waals surface area contributed by atoms with Gasteiger partial charge < -0.3 is 14.5 Å². The summed E-state index contributed by atoms with van der Waals surface area (Å²) < 4.78 is 5.79. The molecule has 0 N–H and O–H groups in total. The summed E-state index contributed by atoms with van der Waals surface area (Å²) in [4.78, 5) is 31.0. The molecule has 1 fully saturated rings. The Balaban J connectivity index is 1.24. The monoisotopic (exact) mass is 467 g/mol. The highest BCUT2D eigenvalue weighted by atomic mass is 16.6. The van der Waals surface area contributed by atoms with Crippen LogP contribution in [0, 0.1) is 6.92 Å². The van der Waals surface area contributed by atoms with Crippen molar-refractivity contribution >= 4 is 23.8 Å². The van der Waals surface area contributed by atoms with Crippen LogP contribution in [-0.2, 0) is 4.74 Å². The number of carbonyl (C=O) groups excluding carboxylic acids is 2. The lowest BCUT2D eigenvalue weighted by Crippen LogP contribution is -2.49. The molecule has 176 valence electrons. The predicted molar refractivity (Wildman–Crippen MR) is 134 cm³/mol. The average Bonchev–Trinajstić information content (AvgIpc) is 3.22. The number of benzene rings is 3. The predicted octanol–water partition coefficient (Wildman–Crippen LogP) is 5.82. The largest absolute Gasteiger partial charge is 0.448 e. The molecule has 35 heavy (non-hydrogen) atoms. The van der Waals surface area contributed by atoms with Gasteiger partial charge in [0, 0.05) is 53.9 Å². The second-order valence-corrected chi connectivity index (χ2v) is 8.76. The van der Waals surface area contributed by atoms with E-state index in [-0.39, 0.29) is 12.0 Å². The molecule has 3 aromatic rings. The van der Waals surface area contributed by atoms with E-state index in [9.17, 15) is 9.59 Å². The summed E-state index contributed by atoms with van der Waals surface area (Å²) in [5.41, 5.74) is 16.0. The van der Waals surface area contributed by atoms with E-state index in [1.807, 2.05) is 24.3 Å². The molecule has 0 saturated carbocycles. The molecule has 0 bridgehead atoms. The minimum atomic E-state index is -0.321. The first-order valence-electron chi connectivity index (χ1n) is 11.6. The molecule has 1 heterocycles. The molecule has 1 amide bonds. The Labute approximate surface area is 203 Å². The zero-order chi connectivity index (χ0) is 24.4. The molecule has 1 aliphatic carbocycles. The van der Waals surface area contributed by atoms with E-state index in [0.717, 1.165) is 12.0 Å². The number of piperazine rings is 1. The summed E-state index contributed by atoms with van der Waals surface area (Å²) in [7, 11) is 0. The summed E-state index contributed by atoms with van der Waals surface area (Å²) in [6, 6.07) is 20.1. The average molecular weight is 468 g/mol. The quantitative estimate of drug-likeness (QED) is 0.204. The maximum absolute atomic E-state index is 12.9. The number of hydrogen-bond acceptors (Lipinski definition) is 5. The van der Waals surface area contributed by atoms with E-state index >= 15 is 0 Å². The number of nitrogens with zero attached hydrogens (tertiary/aromatic N) is 5. The van der Waals surface area contributed by atoms with Crippen LogP contribution in [0.5, 0.6) is 0 Å². The van der Waals surface area contributed by atoms with Crippen LogP contribution in [0.25, 0.3) is 21.6 Å². The second-order valence-electron chi connectivity index (χ2n) is 8.76. The molecule has 0 radical (unpaired) electrons. The third-order valence-corrected chi connectivity index (χ3v) is 6.92. The zero-order valence-corrected chi connectivity index (χ0v) is 19.4. The Bertz CT molecular complexity index is 1290. The molecule has 0 spiro atoms. The number of anilines is 1. The highest BCUT2D eigenvalue weighted by Crippen LogP contribution is 2.44. The number of carbonyl (C=O) groups is 2. The summed E-state index contributed by atoms with van der Waals surface area (Å²) in [5, 5.41) is 3.72. The van der Waals surface area contributed by atoms with Crippen molar-refractivity contribution in [1.29, 1.82) is 0 Å². The number of fused-ring (bicyclic) bond motifs is 3. The van der Waals surface area contributed by atoms with Gasteiger partial charge in [-0.3, -0.25) is 4.79 Å². The molecule has 0 aromatic heterocycles. The SMILES string of the molecule is Cc1c(C=O)cc(N2CCN(C(=O)OCC3c4ccccc4-c4ccccc43)CC2)cc1N=[N+]=[N-]. The molecule has 0 atom stereocenters. The molecular weight excluding hydrogens is 442 g/mol. The Morgan fingerprint density at radius 2 is 1.69 bits per heavy atom. The molecular formula is C27H25N5O3. The number of hydrogen-bond donors (Lipinski definition) is 0. The van der Waals surface area contributed by atoms with E-state index in [2.05, 4.69) is 39.2 Å². The van der Waals surface area contributed by atoms with Crippen molar-refractivity contribution in [1.82, 2.24) is 4.90 Å². The number of azide groups is 1. The summed E-state index contributed by atoms with van der Waals surface area (Å²) >= 11 is 0. The lowest BCUT2D eigenvalue weighted by atomic mass is 9.98. The highest BCUT2D eigenvalue weighted by Gasteiger charge is 2.30. The lowest BCUT2D eigenvalue weighted by molar-refractivity contribution is 0.0976. The third kappa shape index (κ3) is 4.20. The third-order valence-electron chi connectivity index (χ3n) is 6.92. The Hall–Kier alpha value is -4.29. The van der Waals surface area contributed by atoms with Crippen molar-refractivity contribution in [3.05, 3.63) is 93.4 Å². The van der Waals surface area contributed by atoms with Gasteiger partial charge in [-0.2, -0.15) is 0 Å². The highest BCUT2D eigenvalue weighted by molar-refractivity contribution is 5.83. The van der Waals surface area contributed by atoms with Crippen LogP contribution < -0.4 is 4.90 Å². The van der Waals surface area contributed by atoms with Crippen LogP contribution >= 0.6 is 0 Å². The fourth-order valence-electron chi connectivity index (χ4n) is 5.00. The van der Waals surface area contributed by atoms with Crippen LogP contribution in [-0.4, -0.2) is 50.1 Å². The zero-order valence-electron chi connectivity index (χ0n) is 19.4. The van der Waals surface area contributed by atoms with Crippen LogP contribution in [0.3, 0.4) is 0 Å². The van der Waals surface area contributed by atoms with Gasteiger partial charge in [0.25, 0.3) is 0 Å². The number of amides is 1. The van der Waals surface area contributed by atoms with Gasteiger partial charge in [-0.25, -0.2) is 4.79 Å². The lowest BCUT2D eigenvalue weighted by Gasteiger charge is -2.36. The van der Waals surface area contributed by atoms with E-state index in [4.69, 9.17) is 10.3 Å². The Morgan fingerprint density at radius 1 is 1.06 bits per heavy atom. The Morgan fingerprint density at radius 3 is 2.29 bits per heavy atom. The molecule has 1 saturated heterocycles. The van der Waals surface area contributed by atoms with E-state index < -0.39 is 0 Å². The number of ether oxygens (including phenoxy) is 1. The Kier molecular flexibility index (Phi) is 6.12. The maximum atomic E-state index is 12.9. The van der Waals surface area contributed by atoms with Gasteiger partial charge in [-0.15, -0.1) is 0 Å². The van der Waals surface area contributed by atoms with Crippen molar-refractivity contribution in [2.45, 2.75) is 12.8 Å². The number of aldehydes is 1. The van der Waals surface area contributed by atoms with Gasteiger partial charge in [0.05, 0.1) is 0 Å². The van der Waals surface area contributed by atoms with Crippen LogP contribution in [0.4, 0.5) is 16.2 Å². The van der Waals surface area contributed by atoms with Gasteiger partial charge in [0.2, 0.25) is 0 Å². The van der Waals surface area contributed by atoms with Crippen molar-refractivity contribution in [3.63, 3.8) is 0 Å². The topological polar surface area (TPSA) is 98.6 Å². The maximum Gasteiger partial charge on any atom is 0.409 e. The van der Waals surface area contributed by atoms with Gasteiger partial charge in [-0.1, -0.05) is 53.6 Å². The minimum absolute atomic E-state index is 0.0288. The van der Waals surface area contributed by atoms with Crippen molar-refractivity contribution in [2.75, 3.05) is 37.7 Å². The van der Waals surface area contributed by atoms with Crippen LogP contribution in [0.2, 0.25) is 0 Å². The van der Waals surface area contributed by atoms with Gasteiger partial charge in [0.1, 0.15) is 12.9 Å². The van der Waals surface area contributed by atoms with Crippen molar-refractivity contribution in [2.24, 2.45) is 5.11 Å². The van der Waals surface area contributed by atoms with E-state index in [1.54, 1.807) is 24.0 Å². The summed E-state index contributed by atoms with van der Waals surface area (Å²) in [6.45, 7) is 4.22. The molecule has 8 heteroatoms. The van der Waals surface area contributed by atoms with Crippen LogP contribution in [0.15, 0.2) is 65.8 Å². The number of rotatable bonds is 5. The first kappa shape index (κ1) is 22.5. The molecule has 1 aliphatic heterocycles. The normalized spacial score (nSPS) is 14.7. The van der Waals surface area contributed by atoms with Gasteiger partial charge in [-0.05, 0) is 52.4 Å². The molecule has 3 aromatic carbocycles. The molecule has 0 unspecified atom stereocenters. The fraction of sp³-hybridized carbons (Fsp3) is 0.259. The van der Waals surface area contributed by atoms with Gasteiger partial charge in [0.15, 0.2) is 0 Å². The minimum Gasteiger partial charge on any atom is -0.448 e. The van der Waals surface area contributed by atoms with Crippen molar-refractivity contribution in [3.8, 4) is 11.1 Å². The smallest absolute Gasteiger partial charge is 0.409 e. The van der Waals surface area contributed by atoms with E-state index in [0.29, 0.717) is 49.6 Å². The first-order chi connectivity index (χ1) is 17.1.